The van der Waals surface area contributed by atoms with Crippen molar-refractivity contribution in [3.8, 4) is 33.4 Å². The molecule has 0 amide bonds. The van der Waals surface area contributed by atoms with Gasteiger partial charge < -0.3 is 9.80 Å². The van der Waals surface area contributed by atoms with E-state index < -0.39 is 0 Å². The predicted molar refractivity (Wildman–Crippen MR) is 279 cm³/mol. The number of hydrogen-bond acceptors (Lipinski definition) is 2. The van der Waals surface area contributed by atoms with Gasteiger partial charge in [0.15, 0.2) is 0 Å². The highest BCUT2D eigenvalue weighted by Gasteiger charge is 2.40. The van der Waals surface area contributed by atoms with E-state index in [1.165, 1.54) is 78.3 Å². The first-order valence-electron chi connectivity index (χ1n) is 23.4. The van der Waals surface area contributed by atoms with Gasteiger partial charge in [0.05, 0.1) is 6.04 Å². The molecule has 0 fully saturated rings. The van der Waals surface area contributed by atoms with Crippen LogP contribution in [0.1, 0.15) is 50.3 Å². The Labute approximate surface area is 390 Å². The van der Waals surface area contributed by atoms with Gasteiger partial charge in [0, 0.05) is 39.3 Å². The summed E-state index contributed by atoms with van der Waals surface area (Å²) in [5, 5.41) is 0. The quantitative estimate of drug-likeness (QED) is 0.135. The molecule has 11 rings (SSSR count). The van der Waals surface area contributed by atoms with Crippen molar-refractivity contribution in [1.29, 1.82) is 0 Å². The molecule has 0 aromatic heterocycles. The van der Waals surface area contributed by atoms with Crippen molar-refractivity contribution in [1.82, 2.24) is 0 Å². The summed E-state index contributed by atoms with van der Waals surface area (Å²) < 4.78 is 0. The van der Waals surface area contributed by atoms with Crippen LogP contribution in [-0.2, 0) is 10.8 Å². The van der Waals surface area contributed by atoms with Crippen LogP contribution in [-0.4, -0.2) is 6.04 Å². The average Bonchev–Trinajstić information content (AvgIpc) is 3.61. The van der Waals surface area contributed by atoms with E-state index in [0.717, 1.165) is 24.2 Å². The van der Waals surface area contributed by atoms with Gasteiger partial charge in [-0.15, -0.1) is 0 Å². The zero-order chi connectivity index (χ0) is 44.7. The average molecular weight is 851 g/mol. The van der Waals surface area contributed by atoms with Crippen molar-refractivity contribution in [2.45, 2.75) is 50.5 Å². The van der Waals surface area contributed by atoms with Gasteiger partial charge in [0.25, 0.3) is 0 Å². The van der Waals surface area contributed by atoms with E-state index in [2.05, 4.69) is 273 Å². The van der Waals surface area contributed by atoms with Gasteiger partial charge in [-0.25, -0.2) is 0 Å². The van der Waals surface area contributed by atoms with Crippen LogP contribution in [0, 0.1) is 0 Å². The summed E-state index contributed by atoms with van der Waals surface area (Å²) in [5.41, 5.74) is 19.9. The number of benzene rings is 8. The third kappa shape index (κ3) is 7.53. The van der Waals surface area contributed by atoms with Gasteiger partial charge in [0.1, 0.15) is 0 Å². The van der Waals surface area contributed by atoms with Crippen LogP contribution in [0.3, 0.4) is 0 Å². The summed E-state index contributed by atoms with van der Waals surface area (Å²) in [6.07, 6.45) is 13.8. The lowest BCUT2D eigenvalue weighted by Crippen LogP contribution is -2.33. The van der Waals surface area contributed by atoms with Crippen molar-refractivity contribution in [2.75, 3.05) is 9.80 Å². The Kier molecular flexibility index (Phi) is 10.6. The summed E-state index contributed by atoms with van der Waals surface area (Å²) in [7, 11) is 0. The molecule has 0 saturated carbocycles. The summed E-state index contributed by atoms with van der Waals surface area (Å²) in [6, 6.07) is 77.7. The zero-order valence-corrected chi connectivity index (χ0v) is 38.0. The molecule has 2 unspecified atom stereocenters. The second-order valence-electron chi connectivity index (χ2n) is 18.7. The zero-order valence-electron chi connectivity index (χ0n) is 38.0. The van der Waals surface area contributed by atoms with Crippen LogP contribution in [0.4, 0.5) is 22.7 Å². The maximum Gasteiger partial charge on any atom is 0.0563 e. The molecular weight excluding hydrogens is 797 g/mol. The van der Waals surface area contributed by atoms with Crippen molar-refractivity contribution < 1.29 is 0 Å². The molecular formula is C64H54N2. The van der Waals surface area contributed by atoms with Crippen LogP contribution < -0.4 is 9.80 Å². The normalized spacial score (nSPS) is 18.0. The van der Waals surface area contributed by atoms with E-state index in [1.54, 1.807) is 0 Å². The van der Waals surface area contributed by atoms with E-state index in [1.807, 2.05) is 0 Å². The fraction of sp³-hybridized carbons (Fsp3) is 0.125. The molecule has 8 aromatic carbocycles. The maximum atomic E-state index is 2.55. The highest BCUT2D eigenvalue weighted by Crippen LogP contribution is 2.52. The fourth-order valence-corrected chi connectivity index (χ4v) is 10.6. The minimum atomic E-state index is -0.0694. The minimum absolute atomic E-state index is 0.0315. The third-order valence-corrected chi connectivity index (χ3v) is 14.3. The largest absolute Gasteiger partial charge is 0.334 e. The number of allylic oxidation sites excluding steroid dienone is 5. The van der Waals surface area contributed by atoms with Crippen molar-refractivity contribution >= 4 is 28.3 Å². The Hall–Kier alpha value is -7.68. The summed E-state index contributed by atoms with van der Waals surface area (Å²) in [6.45, 7) is 7.13. The van der Waals surface area contributed by atoms with Gasteiger partial charge in [0.2, 0.25) is 0 Å². The SMILES string of the molecule is CC1(c2ccccc2)C=CC(N(c2ccc(-c3ccccc3)cc2)c2ccc(-c3ccc(N(c4ccccc4)C4C=CC5=C(C4)C(C)(C)c4ccccc45)cc3-c3ccccc3)cc2)=CC1. The molecule has 320 valence electrons. The molecule has 0 spiro atoms. The summed E-state index contributed by atoms with van der Waals surface area (Å²) in [5.74, 6) is 0. The molecule has 0 aliphatic heterocycles. The second-order valence-corrected chi connectivity index (χ2v) is 18.7. The van der Waals surface area contributed by atoms with Gasteiger partial charge >= 0.3 is 0 Å². The molecule has 2 heteroatoms. The van der Waals surface area contributed by atoms with E-state index in [0.29, 0.717) is 0 Å². The molecule has 2 nitrogen and oxygen atoms in total. The highest BCUT2D eigenvalue weighted by atomic mass is 15.2. The smallest absolute Gasteiger partial charge is 0.0563 e. The Morgan fingerprint density at radius 3 is 1.65 bits per heavy atom. The second kappa shape index (κ2) is 17.0. The molecule has 0 radical (unpaired) electrons. The topological polar surface area (TPSA) is 6.48 Å². The number of para-hydroxylation sites is 1. The van der Waals surface area contributed by atoms with E-state index in [-0.39, 0.29) is 16.9 Å². The van der Waals surface area contributed by atoms with Gasteiger partial charge in [-0.05, 0) is 129 Å². The maximum absolute atomic E-state index is 2.55. The van der Waals surface area contributed by atoms with E-state index in [9.17, 15) is 0 Å². The molecule has 2 atom stereocenters. The van der Waals surface area contributed by atoms with Crippen molar-refractivity contribution in [3.05, 3.63) is 271 Å². The lowest BCUT2D eigenvalue weighted by atomic mass is 9.77. The van der Waals surface area contributed by atoms with Crippen LogP contribution in [0.25, 0.3) is 39.0 Å². The van der Waals surface area contributed by atoms with Crippen molar-refractivity contribution in [2.24, 2.45) is 0 Å². The van der Waals surface area contributed by atoms with E-state index in [4.69, 9.17) is 0 Å². The Morgan fingerprint density at radius 1 is 0.455 bits per heavy atom. The molecule has 8 aromatic rings. The molecule has 0 heterocycles. The Bertz CT molecular complexity index is 3140. The number of rotatable bonds is 10. The Balaban J connectivity index is 0.963. The van der Waals surface area contributed by atoms with E-state index >= 15 is 0 Å². The first-order valence-corrected chi connectivity index (χ1v) is 23.4. The molecule has 0 saturated heterocycles. The van der Waals surface area contributed by atoms with Crippen LogP contribution in [0.2, 0.25) is 0 Å². The molecule has 66 heavy (non-hydrogen) atoms. The lowest BCUT2D eigenvalue weighted by molar-refractivity contribution is 0.585. The molecule has 0 N–H and O–H groups in total. The van der Waals surface area contributed by atoms with Crippen LogP contribution in [0.5, 0.6) is 0 Å². The van der Waals surface area contributed by atoms with Crippen LogP contribution in [0.15, 0.2) is 254 Å². The number of nitrogens with zero attached hydrogens (tertiary/aromatic N) is 2. The first-order chi connectivity index (χ1) is 32.3. The first kappa shape index (κ1) is 41.1. The standard InChI is InChI=1S/C64H54N2/c1-63(2)61-27-17-16-26-58(61)59-39-37-56(45-62(59)63)66(51-24-14-7-15-25-51)55-36-38-57(60(44-55)48-20-10-5-11-21-48)49-30-34-53(35-31-49)65(52-32-28-47(29-33-52)46-18-8-4-9-19-46)54-40-42-64(3,43-41-54)50-22-12-6-13-23-50/h4-42,44,56H,43,45H2,1-3H3. The van der Waals surface area contributed by atoms with Gasteiger partial charge in [-0.3, -0.25) is 0 Å². The third-order valence-electron chi connectivity index (χ3n) is 14.3. The predicted octanol–water partition coefficient (Wildman–Crippen LogP) is 16.8. The lowest BCUT2D eigenvalue weighted by Gasteiger charge is -2.37. The van der Waals surface area contributed by atoms with Crippen LogP contribution >= 0.6 is 0 Å². The number of anilines is 4. The van der Waals surface area contributed by atoms with Crippen molar-refractivity contribution in [3.63, 3.8) is 0 Å². The van der Waals surface area contributed by atoms with Gasteiger partial charge in [-0.1, -0.05) is 209 Å². The number of hydrogen-bond donors (Lipinski definition) is 0. The molecule has 3 aliphatic carbocycles. The highest BCUT2D eigenvalue weighted by molar-refractivity contribution is 5.90. The monoisotopic (exact) mass is 850 g/mol. The summed E-state index contributed by atoms with van der Waals surface area (Å²) in [4.78, 5) is 4.95. The summed E-state index contributed by atoms with van der Waals surface area (Å²) >= 11 is 0. The minimum Gasteiger partial charge on any atom is -0.334 e. The molecule has 3 aliphatic rings. The molecule has 0 bridgehead atoms. The fourth-order valence-electron chi connectivity index (χ4n) is 10.6. The number of fused-ring (bicyclic) bond motifs is 2. The van der Waals surface area contributed by atoms with Gasteiger partial charge in [-0.2, -0.15) is 0 Å². The Morgan fingerprint density at radius 2 is 1.00 bits per heavy atom.